The van der Waals surface area contributed by atoms with E-state index >= 15 is 0 Å². The Kier molecular flexibility index (Phi) is 6.20. The second-order valence-electron chi connectivity index (χ2n) is 9.63. The van der Waals surface area contributed by atoms with Crippen molar-refractivity contribution in [2.24, 2.45) is 0 Å². The molecule has 0 unspecified atom stereocenters. The third-order valence-corrected chi connectivity index (χ3v) is 7.91. The molecule has 5 heterocycles. The quantitative estimate of drug-likeness (QED) is 0.498. The fourth-order valence-electron chi connectivity index (χ4n) is 4.73. The molecule has 13 heteroatoms. The first-order valence-electron chi connectivity index (χ1n) is 11.9. The molecular weight excluding hydrogens is 484 g/mol. The molecule has 1 amide bonds. The predicted octanol–water partition coefficient (Wildman–Crippen LogP) is 1.48. The molecule has 2 aliphatic heterocycles. The molecule has 1 fully saturated rings. The van der Waals surface area contributed by atoms with Crippen LogP contribution in [0, 0.1) is 0 Å². The van der Waals surface area contributed by atoms with Crippen LogP contribution in [0.4, 0.5) is 11.5 Å². The Labute approximate surface area is 209 Å². The van der Waals surface area contributed by atoms with Crippen LogP contribution >= 0.6 is 0 Å². The third-order valence-electron chi connectivity index (χ3n) is 6.69. The number of nitrogen functional groups attached to an aromatic ring is 1. The zero-order valence-corrected chi connectivity index (χ0v) is 21.3. The van der Waals surface area contributed by atoms with Gasteiger partial charge in [-0.2, -0.15) is 9.40 Å². The topological polar surface area (TPSA) is 152 Å². The van der Waals surface area contributed by atoms with Gasteiger partial charge in [-0.1, -0.05) is 25.1 Å². The number of nitrogens with two attached hydrogens (primary N) is 1. The van der Waals surface area contributed by atoms with E-state index in [2.05, 4.69) is 25.5 Å². The van der Waals surface area contributed by atoms with Gasteiger partial charge in [-0.3, -0.25) is 4.79 Å². The molecule has 3 N–H and O–H groups in total. The van der Waals surface area contributed by atoms with Gasteiger partial charge in [0.25, 0.3) is 5.91 Å². The van der Waals surface area contributed by atoms with E-state index in [9.17, 15) is 13.2 Å². The number of hydrogen-bond acceptors (Lipinski definition) is 9. The SMILES string of the molecule is CC(C)c1cc(C(=O)N[C@@H]2CCCN(c3cc(C4=CCN(S(C)(=O)=O)C4)n4ncnc(N)c34)C2)on1. The van der Waals surface area contributed by atoms with Crippen molar-refractivity contribution in [3.8, 4) is 0 Å². The number of sulfonamides is 1. The van der Waals surface area contributed by atoms with Gasteiger partial charge in [0.1, 0.15) is 11.8 Å². The molecule has 2 aliphatic rings. The average molecular weight is 515 g/mol. The van der Waals surface area contributed by atoms with Gasteiger partial charge < -0.3 is 20.5 Å². The summed E-state index contributed by atoms with van der Waals surface area (Å²) in [4.78, 5) is 19.1. The maximum atomic E-state index is 12.8. The number of nitrogens with one attached hydrogen (secondary N) is 1. The average Bonchev–Trinajstić information content (AvgIpc) is 3.57. The van der Waals surface area contributed by atoms with Crippen molar-refractivity contribution < 1.29 is 17.7 Å². The van der Waals surface area contributed by atoms with Crippen LogP contribution in [0.5, 0.6) is 0 Å². The maximum absolute atomic E-state index is 12.8. The fraction of sp³-hybridized carbons (Fsp3) is 0.478. The lowest BCUT2D eigenvalue weighted by Crippen LogP contribution is -2.47. The van der Waals surface area contributed by atoms with Crippen LogP contribution in [-0.4, -0.2) is 76.9 Å². The molecule has 0 bridgehead atoms. The van der Waals surface area contributed by atoms with Crippen LogP contribution in [0.2, 0.25) is 0 Å². The zero-order valence-electron chi connectivity index (χ0n) is 20.5. The predicted molar refractivity (Wildman–Crippen MR) is 135 cm³/mol. The molecular formula is C23H30N8O4S. The Morgan fingerprint density at radius 2 is 2.11 bits per heavy atom. The summed E-state index contributed by atoms with van der Waals surface area (Å²) in [7, 11) is -3.31. The summed E-state index contributed by atoms with van der Waals surface area (Å²) in [5.41, 5.74) is 10.2. The molecule has 1 atom stereocenters. The van der Waals surface area contributed by atoms with Crippen LogP contribution in [-0.2, 0) is 10.0 Å². The van der Waals surface area contributed by atoms with Crippen LogP contribution in [0.25, 0.3) is 11.1 Å². The van der Waals surface area contributed by atoms with E-state index in [1.54, 1.807) is 10.6 Å². The van der Waals surface area contributed by atoms with Crippen molar-refractivity contribution >= 4 is 38.5 Å². The highest BCUT2D eigenvalue weighted by Crippen LogP contribution is 2.35. The van der Waals surface area contributed by atoms with Gasteiger partial charge in [0.15, 0.2) is 5.82 Å². The molecule has 5 rings (SSSR count). The molecule has 36 heavy (non-hydrogen) atoms. The number of fused-ring (bicyclic) bond motifs is 1. The summed E-state index contributed by atoms with van der Waals surface area (Å²) in [6.07, 6.45) is 6.18. The van der Waals surface area contributed by atoms with Crippen molar-refractivity contribution in [1.82, 2.24) is 29.4 Å². The van der Waals surface area contributed by atoms with Gasteiger partial charge >= 0.3 is 0 Å². The normalized spacial score (nSPS) is 19.3. The number of nitrogens with zero attached hydrogens (tertiary/aromatic N) is 6. The second kappa shape index (κ2) is 9.21. The summed E-state index contributed by atoms with van der Waals surface area (Å²) in [6.45, 7) is 5.90. The molecule has 0 radical (unpaired) electrons. The number of amides is 1. The van der Waals surface area contributed by atoms with Crippen LogP contribution < -0.4 is 16.0 Å². The Morgan fingerprint density at radius 1 is 1.31 bits per heavy atom. The number of aromatic nitrogens is 4. The summed E-state index contributed by atoms with van der Waals surface area (Å²) >= 11 is 0. The fourth-order valence-corrected chi connectivity index (χ4v) is 5.44. The van der Waals surface area contributed by atoms with Crippen molar-refractivity contribution in [3.05, 3.63) is 41.7 Å². The lowest BCUT2D eigenvalue weighted by molar-refractivity contribution is 0.0895. The standard InChI is InChI=1S/C23H30N8O4S/c1-14(2)17-9-20(35-28-17)23(32)27-16-5-4-7-29(12-16)19-10-18(31-21(19)22(24)25-13-26-31)15-6-8-30(11-15)36(3,33)34/h6,9-10,13-14,16H,4-5,7-8,11-12H2,1-3H3,(H,27,32)(H2,24,25,26)/t16-/m1/s1. The molecule has 0 spiro atoms. The van der Waals surface area contributed by atoms with Crippen molar-refractivity contribution in [1.29, 1.82) is 0 Å². The lowest BCUT2D eigenvalue weighted by Gasteiger charge is -2.34. The van der Waals surface area contributed by atoms with E-state index in [0.717, 1.165) is 42.0 Å². The van der Waals surface area contributed by atoms with Gasteiger partial charge in [-0.15, -0.1) is 0 Å². The van der Waals surface area contributed by atoms with E-state index in [-0.39, 0.29) is 30.2 Å². The molecule has 1 saturated heterocycles. The minimum Gasteiger partial charge on any atom is -0.382 e. The maximum Gasteiger partial charge on any atom is 0.290 e. The monoisotopic (exact) mass is 514 g/mol. The number of anilines is 2. The molecule has 192 valence electrons. The van der Waals surface area contributed by atoms with E-state index in [0.29, 0.717) is 24.4 Å². The Balaban J connectivity index is 1.39. The van der Waals surface area contributed by atoms with Crippen molar-refractivity contribution in [2.45, 2.75) is 38.6 Å². The highest BCUT2D eigenvalue weighted by atomic mass is 32.2. The highest BCUT2D eigenvalue weighted by molar-refractivity contribution is 7.88. The van der Waals surface area contributed by atoms with Gasteiger partial charge in [-0.25, -0.2) is 17.9 Å². The van der Waals surface area contributed by atoms with Crippen molar-refractivity contribution in [3.63, 3.8) is 0 Å². The first-order chi connectivity index (χ1) is 17.1. The van der Waals surface area contributed by atoms with E-state index in [1.807, 2.05) is 26.0 Å². The van der Waals surface area contributed by atoms with E-state index in [1.165, 1.54) is 16.9 Å². The van der Waals surface area contributed by atoms with Crippen LogP contribution in [0.1, 0.15) is 54.5 Å². The molecule has 0 aromatic carbocycles. The van der Waals surface area contributed by atoms with Gasteiger partial charge in [0.2, 0.25) is 15.8 Å². The van der Waals surface area contributed by atoms with Crippen molar-refractivity contribution in [2.75, 3.05) is 43.1 Å². The molecule has 3 aromatic rings. The largest absolute Gasteiger partial charge is 0.382 e. The highest BCUT2D eigenvalue weighted by Gasteiger charge is 2.30. The molecule has 0 saturated carbocycles. The molecule has 0 aliphatic carbocycles. The number of piperidine rings is 1. The first kappa shape index (κ1) is 24.3. The Morgan fingerprint density at radius 3 is 2.81 bits per heavy atom. The number of carbonyl (C=O) groups is 1. The minimum absolute atomic E-state index is 0.102. The van der Waals surface area contributed by atoms with Gasteiger partial charge in [0.05, 0.1) is 23.3 Å². The Hall–Kier alpha value is -3.45. The summed E-state index contributed by atoms with van der Waals surface area (Å²) in [5, 5.41) is 11.5. The van der Waals surface area contributed by atoms with Crippen LogP contribution in [0.15, 0.2) is 29.1 Å². The van der Waals surface area contributed by atoms with Gasteiger partial charge in [-0.05, 0) is 30.4 Å². The van der Waals surface area contributed by atoms with Gasteiger partial charge in [0, 0.05) is 38.3 Å². The third kappa shape index (κ3) is 4.55. The van der Waals surface area contributed by atoms with E-state index in [4.69, 9.17) is 10.3 Å². The number of rotatable bonds is 6. The second-order valence-corrected chi connectivity index (χ2v) is 11.6. The molecule has 3 aromatic heterocycles. The molecule has 12 nitrogen and oxygen atoms in total. The number of hydrogen-bond donors (Lipinski definition) is 2. The number of carbonyl (C=O) groups excluding carboxylic acids is 1. The Bertz CT molecular complexity index is 1440. The summed E-state index contributed by atoms with van der Waals surface area (Å²) in [5.74, 6) is 0.418. The smallest absolute Gasteiger partial charge is 0.290 e. The summed E-state index contributed by atoms with van der Waals surface area (Å²) in [6, 6.07) is 3.56. The lowest BCUT2D eigenvalue weighted by atomic mass is 10.0. The zero-order chi connectivity index (χ0) is 25.6. The first-order valence-corrected chi connectivity index (χ1v) is 13.8. The van der Waals surface area contributed by atoms with Crippen LogP contribution in [0.3, 0.4) is 0 Å². The summed E-state index contributed by atoms with van der Waals surface area (Å²) < 4.78 is 32.4. The minimum atomic E-state index is -3.31. The van der Waals surface area contributed by atoms with E-state index < -0.39 is 10.0 Å².